The normalized spacial score (nSPS) is 7.75. The van der Waals surface area contributed by atoms with E-state index < -0.39 is 9.05 Å². The Morgan fingerprint density at radius 3 is 1.38 bits per heavy atom. The quantitative estimate of drug-likeness (QED) is 0.568. The van der Waals surface area contributed by atoms with Crippen molar-refractivity contribution in [2.24, 2.45) is 0 Å². The summed E-state index contributed by atoms with van der Waals surface area (Å²) in [6.07, 6.45) is 0. The van der Waals surface area contributed by atoms with E-state index in [1.165, 1.54) is 0 Å². The molecule has 0 aromatic carbocycles. The zero-order valence-electron chi connectivity index (χ0n) is 3.54. The Balaban J connectivity index is -0.0000000750. The third kappa shape index (κ3) is 444. The van der Waals surface area contributed by atoms with E-state index in [0.29, 0.717) is 0 Å². The van der Waals surface area contributed by atoms with Gasteiger partial charge in [-0.1, -0.05) is 0 Å². The Morgan fingerprint density at radius 2 is 1.38 bits per heavy atom. The maximum absolute atomic E-state index is 9.11. The number of rotatable bonds is 0. The molecule has 0 amide bonds. The summed E-state index contributed by atoms with van der Waals surface area (Å²) in [6, 6.07) is 0. The zero-order chi connectivity index (χ0) is 6.50. The van der Waals surface area contributed by atoms with E-state index in [-0.39, 0.29) is 22.4 Å². The Hall–Kier alpha value is 0.700. The van der Waals surface area contributed by atoms with Crippen LogP contribution >= 0.6 is 0 Å². The SMILES string of the molecule is C=O.O=S(O)(O)=S.[Ag]. The Kier molecular flexibility index (Phi) is 15.3. The fraction of sp³-hybridized carbons (Fsp3) is 0. The monoisotopic (exact) mass is 251 g/mol. The largest absolute Gasteiger partial charge is 0.307 e. The molecular weight excluding hydrogens is 248 g/mol. The standard InChI is InChI=1S/CH2O.Ag.H2O3S2/c1-2;;1-5(2,3)4/h1H2;;(H2,1,2,3,4). The van der Waals surface area contributed by atoms with Gasteiger partial charge >= 0.3 is 0 Å². The van der Waals surface area contributed by atoms with Gasteiger partial charge in [0.05, 0.1) is 0 Å². The molecule has 0 aromatic rings. The van der Waals surface area contributed by atoms with Crippen LogP contribution in [0.2, 0.25) is 0 Å². The molecule has 0 aliphatic heterocycles. The average Bonchev–Trinajstić information content (AvgIpc) is 1.36. The van der Waals surface area contributed by atoms with Crippen molar-refractivity contribution in [1.29, 1.82) is 0 Å². The number of carbonyl (C=O) groups is 1. The van der Waals surface area contributed by atoms with Crippen molar-refractivity contribution < 1.29 is 40.5 Å². The first kappa shape index (κ1) is 15.9. The molecule has 0 aliphatic carbocycles. The molecule has 0 bridgehead atoms. The second-order valence-corrected chi connectivity index (χ2v) is 2.65. The van der Waals surface area contributed by atoms with Gasteiger partial charge in [-0.25, -0.2) is 0 Å². The molecule has 0 fully saturated rings. The molecule has 0 heterocycles. The molecule has 0 saturated carbocycles. The number of hydrogen-bond donors (Lipinski definition) is 2. The van der Waals surface area contributed by atoms with Crippen molar-refractivity contribution >= 4 is 27.0 Å². The minimum atomic E-state index is -3.83. The molecule has 4 nitrogen and oxygen atoms in total. The first-order chi connectivity index (χ1) is 3.00. The fourth-order valence-corrected chi connectivity index (χ4v) is 0. The van der Waals surface area contributed by atoms with Crippen LogP contribution in [-0.4, -0.2) is 20.1 Å². The van der Waals surface area contributed by atoms with Crippen LogP contribution in [0.4, 0.5) is 0 Å². The van der Waals surface area contributed by atoms with E-state index in [0.717, 1.165) is 0 Å². The van der Waals surface area contributed by atoms with Crippen LogP contribution in [0.15, 0.2) is 0 Å². The van der Waals surface area contributed by atoms with E-state index in [9.17, 15) is 0 Å². The molecule has 0 atom stereocenters. The van der Waals surface area contributed by atoms with Crippen molar-refractivity contribution in [3.8, 4) is 0 Å². The van der Waals surface area contributed by atoms with Crippen LogP contribution in [0.3, 0.4) is 0 Å². The molecule has 2 N–H and O–H groups in total. The second kappa shape index (κ2) is 7.70. The van der Waals surface area contributed by atoms with E-state index >= 15 is 0 Å². The van der Waals surface area contributed by atoms with Crippen molar-refractivity contribution in [3.63, 3.8) is 0 Å². The maximum atomic E-state index is 9.11. The molecule has 8 heavy (non-hydrogen) atoms. The summed E-state index contributed by atoms with van der Waals surface area (Å²) >= 11 is 3.47. The molecular formula is CH4AgO4S2. The van der Waals surface area contributed by atoms with Gasteiger partial charge < -0.3 is 4.79 Å². The minimum Gasteiger partial charge on any atom is -0.307 e. The molecule has 0 aromatic heterocycles. The van der Waals surface area contributed by atoms with E-state index in [1.807, 2.05) is 6.79 Å². The fourth-order valence-electron chi connectivity index (χ4n) is 0. The van der Waals surface area contributed by atoms with Crippen LogP contribution in [0.1, 0.15) is 0 Å². The summed E-state index contributed by atoms with van der Waals surface area (Å²) < 4.78 is 24.0. The van der Waals surface area contributed by atoms with Crippen molar-refractivity contribution in [2.45, 2.75) is 0 Å². The van der Waals surface area contributed by atoms with E-state index in [1.54, 1.807) is 0 Å². The summed E-state index contributed by atoms with van der Waals surface area (Å²) in [5, 5.41) is 0. The van der Waals surface area contributed by atoms with Gasteiger partial charge in [-0.3, -0.25) is 9.11 Å². The van der Waals surface area contributed by atoms with Gasteiger partial charge in [0.2, 0.25) is 0 Å². The van der Waals surface area contributed by atoms with Crippen LogP contribution in [0.25, 0.3) is 0 Å². The summed E-state index contributed by atoms with van der Waals surface area (Å²) in [7, 11) is -3.83. The minimum absolute atomic E-state index is 0. The molecule has 7 heteroatoms. The molecule has 0 spiro atoms. The average molecular weight is 252 g/mol. The predicted molar refractivity (Wildman–Crippen MR) is 27.9 cm³/mol. The number of carbonyl (C=O) groups excluding carboxylic acids is 1. The van der Waals surface area contributed by atoms with Gasteiger partial charge in [-0.2, -0.15) is 4.21 Å². The van der Waals surface area contributed by atoms with Crippen LogP contribution < -0.4 is 0 Å². The maximum Gasteiger partial charge on any atom is 0.263 e. The second-order valence-electron chi connectivity index (χ2n) is 0.448. The van der Waals surface area contributed by atoms with Gasteiger partial charge in [-0.15, -0.1) is 0 Å². The van der Waals surface area contributed by atoms with Gasteiger partial charge in [0.15, 0.2) is 0 Å². The van der Waals surface area contributed by atoms with E-state index in [4.69, 9.17) is 18.1 Å². The van der Waals surface area contributed by atoms with Crippen LogP contribution in [0.5, 0.6) is 0 Å². The molecule has 1 radical (unpaired) electrons. The van der Waals surface area contributed by atoms with Crippen molar-refractivity contribution in [3.05, 3.63) is 0 Å². The predicted octanol–water partition coefficient (Wildman–Crippen LogP) is -0.509. The zero-order valence-corrected chi connectivity index (χ0v) is 6.65. The van der Waals surface area contributed by atoms with Gasteiger partial charge in [0, 0.05) is 33.6 Å². The van der Waals surface area contributed by atoms with E-state index in [2.05, 4.69) is 11.2 Å². The molecule has 0 aliphatic rings. The first-order valence-electron chi connectivity index (χ1n) is 0.987. The molecule has 55 valence electrons. The number of hydrogen-bond acceptors (Lipinski definition) is 3. The molecule has 0 saturated heterocycles. The van der Waals surface area contributed by atoms with Gasteiger partial charge in [0.25, 0.3) is 9.05 Å². The van der Waals surface area contributed by atoms with Crippen molar-refractivity contribution in [1.82, 2.24) is 0 Å². The van der Waals surface area contributed by atoms with Gasteiger partial charge in [0.1, 0.15) is 6.79 Å². The van der Waals surface area contributed by atoms with Crippen LogP contribution in [-0.2, 0) is 47.4 Å². The smallest absolute Gasteiger partial charge is 0.263 e. The summed E-state index contributed by atoms with van der Waals surface area (Å²) in [5.74, 6) is 0. The van der Waals surface area contributed by atoms with Crippen LogP contribution in [0, 0.1) is 0 Å². The Labute approximate surface area is 67.5 Å². The molecule has 0 rings (SSSR count). The summed E-state index contributed by atoms with van der Waals surface area (Å²) in [6.45, 7) is 2.00. The Bertz CT molecular complexity index is 108. The summed E-state index contributed by atoms with van der Waals surface area (Å²) in [5.41, 5.74) is 0. The molecule has 0 unspecified atom stereocenters. The first-order valence-corrected chi connectivity index (χ1v) is 3.38. The third-order valence-electron chi connectivity index (χ3n) is 0. The van der Waals surface area contributed by atoms with Gasteiger partial charge in [-0.05, 0) is 0 Å². The van der Waals surface area contributed by atoms with Crippen molar-refractivity contribution in [2.75, 3.05) is 0 Å². The summed E-state index contributed by atoms with van der Waals surface area (Å²) in [4.78, 5) is 8.00. The third-order valence-corrected chi connectivity index (χ3v) is 0. The Morgan fingerprint density at radius 1 is 1.38 bits per heavy atom. The topological polar surface area (TPSA) is 74.6 Å².